The Morgan fingerprint density at radius 3 is 2.62 bits per heavy atom. The van der Waals surface area contributed by atoms with Gasteiger partial charge in [0.25, 0.3) is 5.91 Å². The number of alkyl halides is 1. The molecule has 2 fully saturated rings. The number of halogens is 1. The van der Waals surface area contributed by atoms with E-state index in [1.165, 1.54) is 0 Å². The quantitative estimate of drug-likeness (QED) is 0.661. The van der Waals surface area contributed by atoms with Crippen molar-refractivity contribution in [1.82, 2.24) is 4.90 Å². The number of nitrogens with zero attached hydrogens (tertiary/aromatic N) is 1. The summed E-state index contributed by atoms with van der Waals surface area (Å²) in [6.07, 6.45) is 1.69. The predicted octanol–water partition coefficient (Wildman–Crippen LogP) is 1.89. The normalized spacial score (nSPS) is 40.1. The first-order valence-electron chi connectivity index (χ1n) is 6.14. The molecule has 0 radical (unpaired) electrons. The van der Waals surface area contributed by atoms with Gasteiger partial charge in [0.15, 0.2) is 0 Å². The smallest absolute Gasteiger partial charge is 0.251 e. The fourth-order valence-electron chi connectivity index (χ4n) is 2.51. The Balaban J connectivity index is 1.95. The monoisotopic (exact) mass is 245 g/mol. The van der Waals surface area contributed by atoms with Gasteiger partial charge in [-0.25, -0.2) is 0 Å². The Morgan fingerprint density at radius 1 is 1.31 bits per heavy atom. The maximum atomic E-state index is 12.2. The topological polar surface area (TPSA) is 29.5 Å². The van der Waals surface area contributed by atoms with Crippen molar-refractivity contribution >= 4 is 17.5 Å². The van der Waals surface area contributed by atoms with E-state index in [-0.39, 0.29) is 17.4 Å². The maximum Gasteiger partial charge on any atom is 0.251 e. The second-order valence-electron chi connectivity index (χ2n) is 5.12. The van der Waals surface area contributed by atoms with E-state index in [9.17, 15) is 4.79 Å². The SMILES string of the molecule is CC1CN(C(=O)C2OCCC2C)CCC1Cl. The van der Waals surface area contributed by atoms with Gasteiger partial charge in [-0.05, 0) is 24.7 Å². The lowest BCUT2D eigenvalue weighted by molar-refractivity contribution is -0.144. The van der Waals surface area contributed by atoms with Gasteiger partial charge in [0.1, 0.15) is 6.10 Å². The van der Waals surface area contributed by atoms with Crippen LogP contribution in [0, 0.1) is 11.8 Å². The molecule has 2 heterocycles. The molecule has 0 aromatic carbocycles. The van der Waals surface area contributed by atoms with Gasteiger partial charge in [-0.15, -0.1) is 11.6 Å². The van der Waals surface area contributed by atoms with Gasteiger partial charge in [-0.3, -0.25) is 4.79 Å². The van der Waals surface area contributed by atoms with Crippen molar-refractivity contribution in [3.63, 3.8) is 0 Å². The van der Waals surface area contributed by atoms with Crippen LogP contribution >= 0.6 is 11.6 Å². The first-order valence-corrected chi connectivity index (χ1v) is 6.57. The van der Waals surface area contributed by atoms with Gasteiger partial charge < -0.3 is 9.64 Å². The second-order valence-corrected chi connectivity index (χ2v) is 5.68. The van der Waals surface area contributed by atoms with E-state index in [4.69, 9.17) is 16.3 Å². The number of rotatable bonds is 1. The number of ether oxygens (including phenoxy) is 1. The molecule has 0 bridgehead atoms. The first kappa shape index (κ1) is 12.2. The largest absolute Gasteiger partial charge is 0.368 e. The van der Waals surface area contributed by atoms with E-state index < -0.39 is 0 Å². The summed E-state index contributed by atoms with van der Waals surface area (Å²) in [6.45, 7) is 6.48. The zero-order valence-electron chi connectivity index (χ0n) is 9.99. The van der Waals surface area contributed by atoms with E-state index in [0.29, 0.717) is 11.8 Å². The molecular weight excluding hydrogens is 226 g/mol. The highest BCUT2D eigenvalue weighted by molar-refractivity contribution is 6.20. The summed E-state index contributed by atoms with van der Waals surface area (Å²) in [5.74, 6) is 0.910. The number of piperidine rings is 1. The number of hydrogen-bond acceptors (Lipinski definition) is 2. The fraction of sp³-hybridized carbons (Fsp3) is 0.917. The molecule has 2 aliphatic heterocycles. The summed E-state index contributed by atoms with van der Waals surface area (Å²) in [4.78, 5) is 14.1. The molecule has 16 heavy (non-hydrogen) atoms. The molecule has 4 atom stereocenters. The van der Waals surface area contributed by atoms with Crippen LogP contribution in [0.25, 0.3) is 0 Å². The lowest BCUT2D eigenvalue weighted by Crippen LogP contribution is -2.48. The minimum Gasteiger partial charge on any atom is -0.368 e. The number of likely N-dealkylation sites (tertiary alicyclic amines) is 1. The molecule has 0 N–H and O–H groups in total. The summed E-state index contributed by atoms with van der Waals surface area (Å²) in [5.41, 5.74) is 0. The molecule has 92 valence electrons. The second kappa shape index (κ2) is 4.92. The van der Waals surface area contributed by atoms with Gasteiger partial charge in [0, 0.05) is 25.1 Å². The van der Waals surface area contributed by atoms with Crippen LogP contribution in [0.4, 0.5) is 0 Å². The Kier molecular flexibility index (Phi) is 3.75. The molecule has 0 aliphatic carbocycles. The molecule has 2 aliphatic rings. The van der Waals surface area contributed by atoms with Crippen molar-refractivity contribution < 1.29 is 9.53 Å². The van der Waals surface area contributed by atoms with Crippen molar-refractivity contribution in [2.45, 2.75) is 38.2 Å². The van der Waals surface area contributed by atoms with Gasteiger partial charge in [-0.1, -0.05) is 13.8 Å². The Bertz CT molecular complexity index is 272. The molecule has 0 aromatic heterocycles. The third kappa shape index (κ3) is 2.35. The molecule has 0 saturated carbocycles. The van der Waals surface area contributed by atoms with Crippen molar-refractivity contribution in [2.24, 2.45) is 11.8 Å². The maximum absolute atomic E-state index is 12.2. The number of hydrogen-bond donors (Lipinski definition) is 0. The Labute approximate surface area is 102 Å². The molecule has 2 rings (SSSR count). The van der Waals surface area contributed by atoms with E-state index in [1.807, 2.05) is 4.90 Å². The summed E-state index contributed by atoms with van der Waals surface area (Å²) in [7, 11) is 0. The summed E-state index contributed by atoms with van der Waals surface area (Å²) >= 11 is 6.16. The average Bonchev–Trinajstić information content (AvgIpc) is 2.67. The molecule has 2 saturated heterocycles. The third-order valence-corrected chi connectivity index (χ3v) is 4.39. The van der Waals surface area contributed by atoms with Gasteiger partial charge >= 0.3 is 0 Å². The molecule has 4 unspecified atom stereocenters. The zero-order chi connectivity index (χ0) is 11.7. The van der Waals surface area contributed by atoms with Gasteiger partial charge in [0.05, 0.1) is 0 Å². The highest BCUT2D eigenvalue weighted by Gasteiger charge is 2.36. The highest BCUT2D eigenvalue weighted by Crippen LogP contribution is 2.26. The van der Waals surface area contributed by atoms with Crippen molar-refractivity contribution in [3.8, 4) is 0 Å². The van der Waals surface area contributed by atoms with Gasteiger partial charge in [0.2, 0.25) is 0 Å². The van der Waals surface area contributed by atoms with E-state index in [0.717, 1.165) is 32.5 Å². The molecule has 4 heteroatoms. The van der Waals surface area contributed by atoms with Crippen LogP contribution in [0.3, 0.4) is 0 Å². The number of carbonyl (C=O) groups is 1. The molecule has 0 spiro atoms. The summed E-state index contributed by atoms with van der Waals surface area (Å²) < 4.78 is 5.52. The predicted molar refractivity (Wildman–Crippen MR) is 63.5 cm³/mol. The van der Waals surface area contributed by atoms with Crippen LogP contribution in [-0.2, 0) is 9.53 Å². The van der Waals surface area contributed by atoms with Crippen molar-refractivity contribution in [2.75, 3.05) is 19.7 Å². The molecule has 1 amide bonds. The fourth-order valence-corrected chi connectivity index (χ4v) is 2.69. The number of amides is 1. The Hall–Kier alpha value is -0.280. The molecule has 3 nitrogen and oxygen atoms in total. The molecular formula is C12H20ClNO2. The van der Waals surface area contributed by atoms with E-state index in [2.05, 4.69) is 13.8 Å². The third-order valence-electron chi connectivity index (χ3n) is 3.74. The van der Waals surface area contributed by atoms with Crippen LogP contribution in [0.1, 0.15) is 26.7 Å². The van der Waals surface area contributed by atoms with Crippen LogP contribution in [0.15, 0.2) is 0 Å². The lowest BCUT2D eigenvalue weighted by atomic mass is 9.97. The summed E-state index contributed by atoms with van der Waals surface area (Å²) in [5, 5.41) is 0.214. The van der Waals surface area contributed by atoms with Crippen molar-refractivity contribution in [3.05, 3.63) is 0 Å². The van der Waals surface area contributed by atoms with E-state index >= 15 is 0 Å². The van der Waals surface area contributed by atoms with Crippen molar-refractivity contribution in [1.29, 1.82) is 0 Å². The number of carbonyl (C=O) groups excluding carboxylic acids is 1. The Morgan fingerprint density at radius 2 is 2.06 bits per heavy atom. The molecule has 0 aromatic rings. The standard InChI is InChI=1S/C12H20ClNO2/c1-8-4-6-16-11(8)12(15)14-5-3-10(13)9(2)7-14/h8-11H,3-7H2,1-2H3. The highest BCUT2D eigenvalue weighted by atomic mass is 35.5. The first-order chi connectivity index (χ1) is 7.59. The summed E-state index contributed by atoms with van der Waals surface area (Å²) in [6, 6.07) is 0. The van der Waals surface area contributed by atoms with Crippen LogP contribution < -0.4 is 0 Å². The minimum atomic E-state index is -0.209. The van der Waals surface area contributed by atoms with Gasteiger partial charge in [-0.2, -0.15) is 0 Å². The lowest BCUT2D eigenvalue weighted by Gasteiger charge is -2.35. The zero-order valence-corrected chi connectivity index (χ0v) is 10.7. The van der Waals surface area contributed by atoms with Crippen LogP contribution in [0.2, 0.25) is 0 Å². The van der Waals surface area contributed by atoms with Crippen LogP contribution in [0.5, 0.6) is 0 Å². The minimum absolute atomic E-state index is 0.167. The van der Waals surface area contributed by atoms with Crippen LogP contribution in [-0.4, -0.2) is 42.0 Å². The van der Waals surface area contributed by atoms with E-state index in [1.54, 1.807) is 0 Å². The average molecular weight is 246 g/mol.